The van der Waals surface area contributed by atoms with Crippen LogP contribution >= 0.6 is 11.6 Å². The van der Waals surface area contributed by atoms with E-state index in [9.17, 15) is 4.79 Å². The molecule has 1 aliphatic rings. The van der Waals surface area contributed by atoms with Crippen molar-refractivity contribution in [1.82, 2.24) is 4.90 Å². The van der Waals surface area contributed by atoms with Gasteiger partial charge in [0.15, 0.2) is 0 Å². The van der Waals surface area contributed by atoms with E-state index in [2.05, 4.69) is 4.90 Å². The molecule has 0 amide bonds. The summed E-state index contributed by atoms with van der Waals surface area (Å²) in [4.78, 5) is 13.1. The first-order valence-electron chi connectivity index (χ1n) is 6.32. The lowest BCUT2D eigenvalue weighted by Gasteiger charge is -2.32. The average Bonchev–Trinajstić information content (AvgIpc) is 2.32. The summed E-state index contributed by atoms with van der Waals surface area (Å²) in [6.07, 6.45) is 2.37. The van der Waals surface area contributed by atoms with Crippen LogP contribution in [0.3, 0.4) is 0 Å². The Labute approximate surface area is 112 Å². The zero-order chi connectivity index (χ0) is 13.0. The van der Waals surface area contributed by atoms with E-state index >= 15 is 0 Å². The molecule has 2 rings (SSSR count). The second-order valence-corrected chi connectivity index (χ2v) is 5.34. The van der Waals surface area contributed by atoms with Gasteiger partial charge in [0.25, 0.3) is 0 Å². The van der Waals surface area contributed by atoms with Gasteiger partial charge in [-0.15, -0.1) is 0 Å². The minimum absolute atomic E-state index is 0.277. The van der Waals surface area contributed by atoms with Gasteiger partial charge in [-0.3, -0.25) is 9.69 Å². The fourth-order valence-corrected chi connectivity index (χ4v) is 2.77. The lowest BCUT2D eigenvalue weighted by molar-refractivity contribution is -0.138. The zero-order valence-electron chi connectivity index (χ0n) is 10.3. The fourth-order valence-electron chi connectivity index (χ4n) is 2.58. The summed E-state index contributed by atoms with van der Waals surface area (Å²) in [5, 5.41) is 9.64. The molecule has 1 unspecified atom stereocenters. The van der Waals surface area contributed by atoms with Crippen LogP contribution in [0.2, 0.25) is 5.02 Å². The Morgan fingerprint density at radius 1 is 1.44 bits per heavy atom. The summed E-state index contributed by atoms with van der Waals surface area (Å²) >= 11 is 6.14. The topological polar surface area (TPSA) is 40.5 Å². The number of hydrogen-bond donors (Lipinski definition) is 1. The van der Waals surface area contributed by atoms with E-state index < -0.39 is 5.97 Å². The van der Waals surface area contributed by atoms with Crippen LogP contribution in [0, 0.1) is 5.92 Å². The Morgan fingerprint density at radius 3 is 2.94 bits per heavy atom. The minimum Gasteiger partial charge on any atom is -0.481 e. The zero-order valence-corrected chi connectivity index (χ0v) is 11.1. The maximum atomic E-state index is 10.7. The van der Waals surface area contributed by atoms with Crippen molar-refractivity contribution in [3.63, 3.8) is 0 Å². The molecule has 3 nitrogen and oxygen atoms in total. The summed E-state index contributed by atoms with van der Waals surface area (Å²) in [7, 11) is 0. The minimum atomic E-state index is -0.695. The molecule has 0 radical (unpaired) electrons. The van der Waals surface area contributed by atoms with Gasteiger partial charge in [0, 0.05) is 24.5 Å². The molecule has 1 heterocycles. The van der Waals surface area contributed by atoms with Gasteiger partial charge >= 0.3 is 5.97 Å². The van der Waals surface area contributed by atoms with Crippen LogP contribution in [0.15, 0.2) is 24.3 Å². The number of halogens is 1. The third kappa shape index (κ3) is 3.72. The number of hydrogen-bond acceptors (Lipinski definition) is 2. The Bertz CT molecular complexity index is 422. The molecule has 0 saturated carbocycles. The maximum absolute atomic E-state index is 10.7. The third-order valence-electron chi connectivity index (χ3n) is 3.42. The van der Waals surface area contributed by atoms with Gasteiger partial charge in [-0.25, -0.2) is 0 Å². The second kappa shape index (κ2) is 6.21. The Hall–Kier alpha value is -1.06. The Morgan fingerprint density at radius 2 is 2.22 bits per heavy atom. The molecule has 0 aliphatic carbocycles. The van der Waals surface area contributed by atoms with Gasteiger partial charge in [-0.1, -0.05) is 29.8 Å². The first-order chi connectivity index (χ1) is 8.65. The van der Waals surface area contributed by atoms with Crippen molar-refractivity contribution >= 4 is 17.6 Å². The van der Waals surface area contributed by atoms with Crippen molar-refractivity contribution in [2.24, 2.45) is 5.92 Å². The van der Waals surface area contributed by atoms with Gasteiger partial charge in [-0.05, 0) is 36.9 Å². The molecule has 0 bridgehead atoms. The van der Waals surface area contributed by atoms with Crippen molar-refractivity contribution in [1.29, 1.82) is 0 Å². The molecule has 18 heavy (non-hydrogen) atoms. The highest BCUT2D eigenvalue weighted by molar-refractivity contribution is 6.31. The quantitative estimate of drug-likeness (QED) is 0.912. The van der Waals surface area contributed by atoms with Crippen LogP contribution in [0.5, 0.6) is 0 Å². The summed E-state index contributed by atoms with van der Waals surface area (Å²) in [6.45, 7) is 2.70. The molecule has 1 saturated heterocycles. The Kier molecular flexibility index (Phi) is 4.61. The number of benzene rings is 1. The lowest BCUT2D eigenvalue weighted by atomic mass is 9.94. The molecule has 1 atom stereocenters. The van der Waals surface area contributed by atoms with Crippen LogP contribution in [0.25, 0.3) is 0 Å². The van der Waals surface area contributed by atoms with Crippen molar-refractivity contribution in [3.8, 4) is 0 Å². The largest absolute Gasteiger partial charge is 0.481 e. The van der Waals surface area contributed by atoms with E-state index in [1.54, 1.807) is 0 Å². The SMILES string of the molecule is O=C(O)CC1CCCN(Cc2ccccc2Cl)C1. The van der Waals surface area contributed by atoms with E-state index in [1.807, 2.05) is 24.3 Å². The van der Waals surface area contributed by atoms with Gasteiger partial charge in [-0.2, -0.15) is 0 Å². The molecule has 4 heteroatoms. The molecular formula is C14H18ClNO2. The fraction of sp³-hybridized carbons (Fsp3) is 0.500. The van der Waals surface area contributed by atoms with Crippen molar-refractivity contribution in [2.45, 2.75) is 25.8 Å². The number of aliphatic carboxylic acids is 1. The van der Waals surface area contributed by atoms with E-state index in [4.69, 9.17) is 16.7 Å². The monoisotopic (exact) mass is 267 g/mol. The standard InChI is InChI=1S/C14H18ClNO2/c15-13-6-2-1-5-12(13)10-16-7-3-4-11(9-16)8-14(17)18/h1-2,5-6,11H,3-4,7-10H2,(H,17,18). The highest BCUT2D eigenvalue weighted by atomic mass is 35.5. The van der Waals surface area contributed by atoms with Crippen molar-refractivity contribution < 1.29 is 9.90 Å². The van der Waals surface area contributed by atoms with Crippen molar-refractivity contribution in [3.05, 3.63) is 34.9 Å². The first-order valence-corrected chi connectivity index (χ1v) is 6.70. The second-order valence-electron chi connectivity index (χ2n) is 4.93. The molecule has 0 aromatic heterocycles. The van der Waals surface area contributed by atoms with E-state index in [-0.39, 0.29) is 12.3 Å². The predicted octanol–water partition coefficient (Wildman–Crippen LogP) is 3.03. The van der Waals surface area contributed by atoms with Crippen LogP contribution in [0.4, 0.5) is 0 Å². The van der Waals surface area contributed by atoms with Crippen LogP contribution in [-0.4, -0.2) is 29.1 Å². The molecule has 1 aliphatic heterocycles. The Balaban J connectivity index is 1.93. The number of piperidine rings is 1. The number of carbonyl (C=O) groups is 1. The average molecular weight is 268 g/mol. The summed E-state index contributed by atoms with van der Waals surface area (Å²) < 4.78 is 0. The van der Waals surface area contributed by atoms with Gasteiger partial charge in [0.05, 0.1) is 0 Å². The van der Waals surface area contributed by atoms with E-state index in [0.29, 0.717) is 0 Å². The summed E-state index contributed by atoms with van der Waals surface area (Å²) in [5.41, 5.74) is 1.12. The number of carboxylic acids is 1. The maximum Gasteiger partial charge on any atom is 0.303 e. The van der Waals surface area contributed by atoms with E-state index in [0.717, 1.165) is 43.1 Å². The molecule has 98 valence electrons. The number of likely N-dealkylation sites (tertiary alicyclic amines) is 1. The van der Waals surface area contributed by atoms with Crippen LogP contribution in [0.1, 0.15) is 24.8 Å². The predicted molar refractivity (Wildman–Crippen MR) is 71.7 cm³/mol. The number of carboxylic acid groups (broad SMARTS) is 1. The van der Waals surface area contributed by atoms with Crippen LogP contribution in [-0.2, 0) is 11.3 Å². The van der Waals surface area contributed by atoms with Gasteiger partial charge in [0.1, 0.15) is 0 Å². The number of rotatable bonds is 4. The molecule has 1 fully saturated rings. The van der Waals surface area contributed by atoms with Gasteiger partial charge in [0.2, 0.25) is 0 Å². The highest BCUT2D eigenvalue weighted by Crippen LogP contribution is 2.23. The van der Waals surface area contributed by atoms with Crippen molar-refractivity contribution in [2.75, 3.05) is 13.1 Å². The first kappa shape index (κ1) is 13.4. The smallest absolute Gasteiger partial charge is 0.303 e. The summed E-state index contributed by atoms with van der Waals surface area (Å²) in [5.74, 6) is -0.418. The molecular weight excluding hydrogens is 250 g/mol. The molecule has 1 aromatic carbocycles. The lowest BCUT2D eigenvalue weighted by Crippen LogP contribution is -2.35. The molecule has 0 spiro atoms. The normalized spacial score (nSPS) is 20.8. The third-order valence-corrected chi connectivity index (χ3v) is 3.79. The van der Waals surface area contributed by atoms with E-state index in [1.165, 1.54) is 0 Å². The molecule has 1 N–H and O–H groups in total. The summed E-state index contributed by atoms with van der Waals surface area (Å²) in [6, 6.07) is 7.84. The van der Waals surface area contributed by atoms with Crippen LogP contribution < -0.4 is 0 Å². The number of nitrogens with zero attached hydrogens (tertiary/aromatic N) is 1. The van der Waals surface area contributed by atoms with Gasteiger partial charge < -0.3 is 5.11 Å². The molecule has 1 aromatic rings. The highest BCUT2D eigenvalue weighted by Gasteiger charge is 2.22.